The van der Waals surface area contributed by atoms with E-state index in [1.165, 1.54) is 0 Å². The van der Waals surface area contributed by atoms with Crippen LogP contribution >= 0.6 is 0 Å². The van der Waals surface area contributed by atoms with Gasteiger partial charge in [0.15, 0.2) is 0 Å². The Kier molecular flexibility index (Phi) is 2.85. The van der Waals surface area contributed by atoms with Crippen molar-refractivity contribution >= 4 is 0 Å². The minimum atomic E-state index is -2.74. The maximum absolute atomic E-state index is 12.6. The van der Waals surface area contributed by atoms with Crippen molar-refractivity contribution in [2.24, 2.45) is 0 Å². The van der Waals surface area contributed by atoms with Gasteiger partial charge in [0.25, 0.3) is 6.43 Å². The zero-order chi connectivity index (χ0) is 9.84. The van der Waals surface area contributed by atoms with Crippen LogP contribution in [0, 0.1) is 17.3 Å². The first-order valence-corrected chi connectivity index (χ1v) is 3.45. The van der Waals surface area contributed by atoms with Gasteiger partial charge in [-0.25, -0.2) is 13.8 Å². The van der Waals surface area contributed by atoms with Crippen molar-refractivity contribution in [3.8, 4) is 6.07 Å². The molecule has 13 heavy (non-hydrogen) atoms. The Morgan fingerprint density at radius 3 is 2.69 bits per heavy atom. The molecule has 1 aromatic heterocycles. The lowest BCUT2D eigenvalue weighted by Crippen LogP contribution is -1.96. The molecule has 0 aromatic carbocycles. The van der Waals surface area contributed by atoms with Crippen molar-refractivity contribution in [3.05, 3.63) is 29.3 Å². The molecular weight excluding hydrogens is 181 g/mol. The van der Waals surface area contributed by atoms with E-state index in [2.05, 4.69) is 4.98 Å². The molecule has 0 aliphatic heterocycles. The predicted molar refractivity (Wildman–Crippen MR) is 38.5 cm³/mol. The van der Waals surface area contributed by atoms with Crippen LogP contribution < -0.4 is 0 Å². The fourth-order valence-electron chi connectivity index (χ4n) is 0.871. The Morgan fingerprint density at radius 2 is 2.15 bits per heavy atom. The van der Waals surface area contributed by atoms with Crippen molar-refractivity contribution < 1.29 is 13.2 Å². The molecule has 0 unspecified atom stereocenters. The van der Waals surface area contributed by atoms with Crippen LogP contribution in [0.15, 0.2) is 12.1 Å². The molecule has 0 saturated carbocycles. The standard InChI is InChI=1S/C8H5F3N2/c9-7-4-5(8(10)11)3-6(13-7)1-2-12/h3-4,8H,1H2. The number of halogens is 3. The highest BCUT2D eigenvalue weighted by Crippen LogP contribution is 2.19. The van der Waals surface area contributed by atoms with E-state index in [1.54, 1.807) is 6.07 Å². The maximum atomic E-state index is 12.6. The zero-order valence-electron chi connectivity index (χ0n) is 6.47. The van der Waals surface area contributed by atoms with Gasteiger partial charge in [-0.2, -0.15) is 9.65 Å². The fourth-order valence-corrected chi connectivity index (χ4v) is 0.871. The molecule has 68 valence electrons. The lowest BCUT2D eigenvalue weighted by molar-refractivity contribution is 0.150. The summed E-state index contributed by atoms with van der Waals surface area (Å²) < 4.78 is 36.7. The molecule has 1 aromatic rings. The van der Waals surface area contributed by atoms with Gasteiger partial charge in [0.2, 0.25) is 5.95 Å². The third-order valence-corrected chi connectivity index (χ3v) is 1.38. The summed E-state index contributed by atoms with van der Waals surface area (Å²) in [7, 11) is 0. The van der Waals surface area contributed by atoms with Crippen LogP contribution in [-0.2, 0) is 6.42 Å². The van der Waals surface area contributed by atoms with Crippen LogP contribution in [0.25, 0.3) is 0 Å². The van der Waals surface area contributed by atoms with E-state index in [0.29, 0.717) is 6.07 Å². The second kappa shape index (κ2) is 3.90. The molecule has 0 fully saturated rings. The van der Waals surface area contributed by atoms with E-state index < -0.39 is 17.9 Å². The summed E-state index contributed by atoms with van der Waals surface area (Å²) in [6.45, 7) is 0. The van der Waals surface area contributed by atoms with E-state index in [1.807, 2.05) is 0 Å². The number of nitriles is 1. The van der Waals surface area contributed by atoms with E-state index >= 15 is 0 Å². The lowest BCUT2D eigenvalue weighted by Gasteiger charge is -2.01. The van der Waals surface area contributed by atoms with Crippen molar-refractivity contribution in [2.75, 3.05) is 0 Å². The second-order valence-electron chi connectivity index (χ2n) is 2.35. The Morgan fingerprint density at radius 1 is 1.46 bits per heavy atom. The quantitative estimate of drug-likeness (QED) is 0.664. The van der Waals surface area contributed by atoms with E-state index in [-0.39, 0.29) is 12.1 Å². The first-order chi connectivity index (χ1) is 6.13. The highest BCUT2D eigenvalue weighted by atomic mass is 19.3. The minimum absolute atomic E-state index is 0.0257. The van der Waals surface area contributed by atoms with Crippen LogP contribution in [0.4, 0.5) is 13.2 Å². The van der Waals surface area contributed by atoms with E-state index in [4.69, 9.17) is 5.26 Å². The molecule has 5 heteroatoms. The van der Waals surface area contributed by atoms with Crippen LogP contribution in [0.2, 0.25) is 0 Å². The van der Waals surface area contributed by atoms with Crippen LogP contribution in [0.1, 0.15) is 17.7 Å². The molecule has 0 aliphatic rings. The van der Waals surface area contributed by atoms with Crippen molar-refractivity contribution in [3.63, 3.8) is 0 Å². The van der Waals surface area contributed by atoms with Gasteiger partial charge in [-0.05, 0) is 6.07 Å². The number of rotatable bonds is 2. The number of nitrogens with zero attached hydrogens (tertiary/aromatic N) is 2. The van der Waals surface area contributed by atoms with Crippen LogP contribution in [0.3, 0.4) is 0 Å². The fraction of sp³-hybridized carbons (Fsp3) is 0.250. The Labute approximate surface area is 72.6 Å². The smallest absolute Gasteiger partial charge is 0.224 e. The molecule has 0 aliphatic carbocycles. The average molecular weight is 186 g/mol. The monoisotopic (exact) mass is 186 g/mol. The molecule has 0 radical (unpaired) electrons. The third-order valence-electron chi connectivity index (χ3n) is 1.38. The SMILES string of the molecule is N#CCc1cc(C(F)F)cc(F)n1. The Bertz CT molecular complexity index is 344. The zero-order valence-corrected chi connectivity index (χ0v) is 6.47. The number of hydrogen-bond donors (Lipinski definition) is 0. The normalized spacial score (nSPS) is 10.1. The van der Waals surface area contributed by atoms with Gasteiger partial charge in [-0.3, -0.25) is 0 Å². The number of alkyl halides is 2. The van der Waals surface area contributed by atoms with Crippen LogP contribution in [0.5, 0.6) is 0 Å². The summed E-state index contributed by atoms with van der Waals surface area (Å²) >= 11 is 0. The Hall–Kier alpha value is -1.57. The van der Waals surface area contributed by atoms with Gasteiger partial charge >= 0.3 is 0 Å². The summed E-state index contributed by atoms with van der Waals surface area (Å²) in [6, 6.07) is 3.39. The van der Waals surface area contributed by atoms with E-state index in [9.17, 15) is 13.2 Å². The van der Waals surface area contributed by atoms with Gasteiger partial charge in [0.1, 0.15) is 0 Å². The predicted octanol–water partition coefficient (Wildman–Crippen LogP) is 2.22. The summed E-state index contributed by atoms with van der Waals surface area (Å²) in [4.78, 5) is 3.28. The topological polar surface area (TPSA) is 36.7 Å². The molecule has 0 saturated heterocycles. The molecule has 0 N–H and O–H groups in total. The highest BCUT2D eigenvalue weighted by molar-refractivity contribution is 5.20. The first-order valence-electron chi connectivity index (χ1n) is 3.45. The van der Waals surface area contributed by atoms with Gasteiger partial charge in [-0.1, -0.05) is 0 Å². The Balaban J connectivity index is 3.05. The molecule has 1 heterocycles. The molecular formula is C8H5F3N2. The number of aromatic nitrogens is 1. The average Bonchev–Trinajstić information content (AvgIpc) is 2.03. The van der Waals surface area contributed by atoms with E-state index in [0.717, 1.165) is 6.07 Å². The van der Waals surface area contributed by atoms with Gasteiger partial charge in [-0.15, -0.1) is 0 Å². The number of pyridine rings is 1. The minimum Gasteiger partial charge on any atom is -0.224 e. The second-order valence-corrected chi connectivity index (χ2v) is 2.35. The highest BCUT2D eigenvalue weighted by Gasteiger charge is 2.10. The van der Waals surface area contributed by atoms with Crippen LogP contribution in [-0.4, -0.2) is 4.98 Å². The van der Waals surface area contributed by atoms with Gasteiger partial charge in [0.05, 0.1) is 18.2 Å². The van der Waals surface area contributed by atoms with Gasteiger partial charge < -0.3 is 0 Å². The summed E-state index contributed by atoms with van der Waals surface area (Å²) in [6.07, 6.45) is -2.91. The lowest BCUT2D eigenvalue weighted by atomic mass is 10.2. The number of hydrogen-bond acceptors (Lipinski definition) is 2. The molecule has 0 amide bonds. The first kappa shape index (κ1) is 9.52. The van der Waals surface area contributed by atoms with Crippen molar-refractivity contribution in [1.29, 1.82) is 5.26 Å². The van der Waals surface area contributed by atoms with Gasteiger partial charge in [0, 0.05) is 11.6 Å². The molecule has 0 bridgehead atoms. The van der Waals surface area contributed by atoms with Crippen molar-refractivity contribution in [2.45, 2.75) is 12.8 Å². The summed E-state index contributed by atoms with van der Waals surface area (Å²) in [5, 5.41) is 8.24. The maximum Gasteiger partial charge on any atom is 0.264 e. The molecule has 0 spiro atoms. The summed E-state index contributed by atoms with van der Waals surface area (Å²) in [5.74, 6) is -0.983. The molecule has 0 atom stereocenters. The molecule has 1 rings (SSSR count). The third kappa shape index (κ3) is 2.44. The summed E-state index contributed by atoms with van der Waals surface area (Å²) in [5.41, 5.74) is -0.421. The molecule has 2 nitrogen and oxygen atoms in total. The van der Waals surface area contributed by atoms with Crippen molar-refractivity contribution in [1.82, 2.24) is 4.98 Å². The largest absolute Gasteiger partial charge is 0.264 e.